The van der Waals surface area contributed by atoms with Crippen LogP contribution in [0.15, 0.2) is 53.7 Å². The van der Waals surface area contributed by atoms with Gasteiger partial charge in [-0.05, 0) is 61.4 Å². The molecule has 8 heteroatoms. The lowest BCUT2D eigenvalue weighted by atomic mass is 9.93. The standard InChI is InChI=1S/C23H25N5O3/c1-5-30-20-12-18(9-10-19(20)31-13-17-8-6-7-14(2)11-17)22-21(16(4)29)15(3)24-23-25-26-27-28(22)23/h6-12,22H,5,13H2,1-4H3,(H,24,25,27). The molecule has 0 saturated heterocycles. The molecule has 0 bridgehead atoms. The predicted octanol–water partition coefficient (Wildman–Crippen LogP) is 3.84. The Kier molecular flexibility index (Phi) is 5.70. The highest BCUT2D eigenvalue weighted by atomic mass is 16.5. The van der Waals surface area contributed by atoms with Crippen molar-refractivity contribution in [1.29, 1.82) is 0 Å². The number of hydrogen-bond donors (Lipinski definition) is 1. The molecule has 31 heavy (non-hydrogen) atoms. The number of nitrogens with one attached hydrogen (secondary N) is 1. The van der Waals surface area contributed by atoms with Crippen LogP contribution in [0.25, 0.3) is 0 Å². The van der Waals surface area contributed by atoms with Crippen molar-refractivity contribution in [3.8, 4) is 11.5 Å². The molecule has 1 aliphatic rings. The molecule has 160 valence electrons. The molecule has 1 N–H and O–H groups in total. The van der Waals surface area contributed by atoms with E-state index in [2.05, 4.69) is 39.9 Å². The molecule has 1 aliphatic heterocycles. The summed E-state index contributed by atoms with van der Waals surface area (Å²) in [5, 5.41) is 15.0. The Balaban J connectivity index is 1.69. The number of tetrazole rings is 1. The lowest BCUT2D eigenvalue weighted by Gasteiger charge is -2.27. The van der Waals surface area contributed by atoms with E-state index < -0.39 is 6.04 Å². The van der Waals surface area contributed by atoms with Crippen molar-refractivity contribution in [1.82, 2.24) is 20.2 Å². The first kappa shape index (κ1) is 20.6. The number of rotatable bonds is 7. The maximum Gasteiger partial charge on any atom is 0.248 e. The number of ether oxygens (including phenoxy) is 2. The van der Waals surface area contributed by atoms with E-state index in [1.165, 1.54) is 5.56 Å². The van der Waals surface area contributed by atoms with Gasteiger partial charge in [0.25, 0.3) is 0 Å². The van der Waals surface area contributed by atoms with Crippen LogP contribution in [0.2, 0.25) is 0 Å². The van der Waals surface area contributed by atoms with Gasteiger partial charge in [-0.25, -0.2) is 0 Å². The largest absolute Gasteiger partial charge is 0.490 e. The number of aromatic nitrogens is 4. The minimum absolute atomic E-state index is 0.0473. The first-order valence-corrected chi connectivity index (χ1v) is 10.2. The molecule has 0 spiro atoms. The summed E-state index contributed by atoms with van der Waals surface area (Å²) in [5.41, 5.74) is 4.45. The van der Waals surface area contributed by atoms with Gasteiger partial charge in [0.15, 0.2) is 17.3 Å². The maximum absolute atomic E-state index is 12.5. The van der Waals surface area contributed by atoms with Gasteiger partial charge in [0.05, 0.1) is 6.61 Å². The van der Waals surface area contributed by atoms with E-state index in [4.69, 9.17) is 9.47 Å². The van der Waals surface area contributed by atoms with E-state index in [9.17, 15) is 4.79 Å². The van der Waals surface area contributed by atoms with Crippen LogP contribution in [0.4, 0.5) is 5.95 Å². The third-order valence-electron chi connectivity index (χ3n) is 5.15. The van der Waals surface area contributed by atoms with Gasteiger partial charge in [0.1, 0.15) is 12.6 Å². The minimum atomic E-state index is -0.450. The van der Waals surface area contributed by atoms with Crippen LogP contribution >= 0.6 is 0 Å². The topological polar surface area (TPSA) is 91.2 Å². The summed E-state index contributed by atoms with van der Waals surface area (Å²) in [6, 6.07) is 13.4. The first-order valence-electron chi connectivity index (χ1n) is 10.2. The van der Waals surface area contributed by atoms with Crippen LogP contribution in [-0.2, 0) is 11.4 Å². The number of benzene rings is 2. The minimum Gasteiger partial charge on any atom is -0.490 e. The molecule has 8 nitrogen and oxygen atoms in total. The molecular formula is C23H25N5O3. The summed E-state index contributed by atoms with van der Waals surface area (Å²) in [4.78, 5) is 12.5. The number of anilines is 1. The highest BCUT2D eigenvalue weighted by Gasteiger charge is 2.32. The quantitative estimate of drug-likeness (QED) is 0.622. The number of nitrogens with zero attached hydrogens (tertiary/aromatic N) is 4. The van der Waals surface area contributed by atoms with Crippen LogP contribution in [-0.4, -0.2) is 32.6 Å². The highest BCUT2D eigenvalue weighted by molar-refractivity contribution is 5.96. The fraction of sp³-hybridized carbons (Fsp3) is 0.304. The number of allylic oxidation sites excluding steroid dienone is 2. The zero-order valence-corrected chi connectivity index (χ0v) is 18.0. The van der Waals surface area contributed by atoms with Crippen molar-refractivity contribution in [2.75, 3.05) is 11.9 Å². The van der Waals surface area contributed by atoms with E-state index in [1.54, 1.807) is 11.6 Å². The molecule has 2 heterocycles. The van der Waals surface area contributed by atoms with Crippen molar-refractivity contribution in [2.45, 2.75) is 40.3 Å². The molecular weight excluding hydrogens is 394 g/mol. The molecule has 2 aromatic carbocycles. The summed E-state index contributed by atoms with van der Waals surface area (Å²) in [7, 11) is 0. The summed E-state index contributed by atoms with van der Waals surface area (Å²) >= 11 is 0. The van der Waals surface area contributed by atoms with E-state index in [0.29, 0.717) is 36.2 Å². The molecule has 1 unspecified atom stereocenters. The van der Waals surface area contributed by atoms with E-state index in [-0.39, 0.29) is 5.78 Å². The Bertz CT molecular complexity index is 1150. The smallest absolute Gasteiger partial charge is 0.248 e. The molecule has 0 fully saturated rings. The van der Waals surface area contributed by atoms with Crippen LogP contribution in [0.1, 0.15) is 43.5 Å². The first-order chi connectivity index (χ1) is 15.0. The average molecular weight is 419 g/mol. The second-order valence-electron chi connectivity index (χ2n) is 7.49. The molecule has 1 aromatic heterocycles. The van der Waals surface area contributed by atoms with Gasteiger partial charge in [-0.3, -0.25) is 4.79 Å². The van der Waals surface area contributed by atoms with Gasteiger partial charge in [0.2, 0.25) is 5.95 Å². The lowest BCUT2D eigenvalue weighted by molar-refractivity contribution is -0.114. The molecule has 4 rings (SSSR count). The molecule has 3 aromatic rings. The second-order valence-corrected chi connectivity index (χ2v) is 7.49. The normalized spacial score (nSPS) is 15.3. The molecule has 0 aliphatic carbocycles. The number of carbonyl (C=O) groups excluding carboxylic acids is 1. The van der Waals surface area contributed by atoms with Gasteiger partial charge in [-0.1, -0.05) is 41.0 Å². The summed E-state index contributed by atoms with van der Waals surface area (Å²) in [6.07, 6.45) is 0. The summed E-state index contributed by atoms with van der Waals surface area (Å²) in [5.74, 6) is 1.70. The van der Waals surface area contributed by atoms with Crippen molar-refractivity contribution >= 4 is 11.7 Å². The zero-order valence-electron chi connectivity index (χ0n) is 18.0. The maximum atomic E-state index is 12.5. The average Bonchev–Trinajstić information content (AvgIpc) is 3.20. The lowest BCUT2D eigenvalue weighted by Crippen LogP contribution is -2.27. The number of carbonyl (C=O) groups is 1. The molecule has 1 atom stereocenters. The van der Waals surface area contributed by atoms with Gasteiger partial charge < -0.3 is 14.8 Å². The van der Waals surface area contributed by atoms with Crippen molar-refractivity contribution in [3.63, 3.8) is 0 Å². The number of fused-ring (bicyclic) bond motifs is 1. The third-order valence-corrected chi connectivity index (χ3v) is 5.15. The zero-order chi connectivity index (χ0) is 22.0. The van der Waals surface area contributed by atoms with Crippen molar-refractivity contribution in [3.05, 3.63) is 70.4 Å². The van der Waals surface area contributed by atoms with Gasteiger partial charge in [0, 0.05) is 11.3 Å². The van der Waals surface area contributed by atoms with Crippen LogP contribution in [0.5, 0.6) is 11.5 Å². The SMILES string of the molecule is CCOc1cc(C2C(C(C)=O)=C(C)Nc3nnnn32)ccc1OCc1cccc(C)c1. The van der Waals surface area contributed by atoms with Gasteiger partial charge >= 0.3 is 0 Å². The van der Waals surface area contributed by atoms with E-state index in [0.717, 1.165) is 16.8 Å². The monoisotopic (exact) mass is 419 g/mol. The third kappa shape index (κ3) is 4.14. The Morgan fingerprint density at radius 3 is 2.71 bits per heavy atom. The highest BCUT2D eigenvalue weighted by Crippen LogP contribution is 2.38. The van der Waals surface area contributed by atoms with Gasteiger partial charge in [-0.15, -0.1) is 0 Å². The van der Waals surface area contributed by atoms with Crippen LogP contribution in [0.3, 0.4) is 0 Å². The Morgan fingerprint density at radius 1 is 1.13 bits per heavy atom. The summed E-state index contributed by atoms with van der Waals surface area (Å²) < 4.78 is 13.5. The molecule has 0 saturated carbocycles. The Hall–Kier alpha value is -3.68. The van der Waals surface area contributed by atoms with E-state index in [1.807, 2.05) is 44.2 Å². The van der Waals surface area contributed by atoms with Crippen molar-refractivity contribution < 1.29 is 14.3 Å². The molecule has 0 radical (unpaired) electrons. The van der Waals surface area contributed by atoms with Gasteiger partial charge in [-0.2, -0.15) is 4.68 Å². The number of Topliss-reactive ketones (excluding diaryl/α,β-unsaturated/α-hetero) is 1. The van der Waals surface area contributed by atoms with Crippen molar-refractivity contribution in [2.24, 2.45) is 0 Å². The number of hydrogen-bond acceptors (Lipinski definition) is 7. The molecule has 0 amide bonds. The number of aryl methyl sites for hydroxylation is 1. The fourth-order valence-electron chi connectivity index (χ4n) is 3.82. The van der Waals surface area contributed by atoms with Crippen LogP contribution < -0.4 is 14.8 Å². The van der Waals surface area contributed by atoms with E-state index >= 15 is 0 Å². The fourth-order valence-corrected chi connectivity index (χ4v) is 3.82. The summed E-state index contributed by atoms with van der Waals surface area (Å²) in [6.45, 7) is 8.30. The van der Waals surface area contributed by atoms with Crippen LogP contribution in [0, 0.1) is 6.92 Å². The Morgan fingerprint density at radius 2 is 1.97 bits per heavy atom. The Labute approximate surface area is 180 Å². The number of ketones is 1. The predicted molar refractivity (Wildman–Crippen MR) is 116 cm³/mol. The second kappa shape index (κ2) is 8.59.